The van der Waals surface area contributed by atoms with Gasteiger partial charge in [-0.2, -0.15) is 0 Å². The first-order valence-corrected chi connectivity index (χ1v) is 6.75. The highest BCUT2D eigenvalue weighted by atomic mass is 16.1. The summed E-state index contributed by atoms with van der Waals surface area (Å²) in [4.78, 5) is 14.6. The van der Waals surface area contributed by atoms with E-state index in [4.69, 9.17) is 0 Å². The largest absolute Gasteiger partial charge is 0.383 e. The molecular formula is C18H17NO. The fourth-order valence-electron chi connectivity index (χ4n) is 2.83. The van der Waals surface area contributed by atoms with Crippen molar-refractivity contribution in [3.8, 4) is 0 Å². The first-order chi connectivity index (χ1) is 9.68. The van der Waals surface area contributed by atoms with Crippen molar-refractivity contribution in [2.24, 2.45) is 0 Å². The predicted octanol–water partition coefficient (Wildman–Crippen LogP) is 3.46. The maximum atomic E-state index is 12.6. The van der Waals surface area contributed by atoms with Crippen LogP contribution in [0.3, 0.4) is 0 Å². The number of hydrogen-bond acceptors (Lipinski definition) is 2. The predicted molar refractivity (Wildman–Crippen MR) is 80.8 cm³/mol. The Balaban J connectivity index is 2.20. The van der Waals surface area contributed by atoms with Crippen molar-refractivity contribution in [3.05, 3.63) is 83.1 Å². The van der Waals surface area contributed by atoms with Gasteiger partial charge in [-0.3, -0.25) is 4.79 Å². The molecule has 0 amide bonds. The third-order valence-electron chi connectivity index (χ3n) is 3.62. The Morgan fingerprint density at radius 2 is 1.60 bits per heavy atom. The molecule has 0 saturated carbocycles. The van der Waals surface area contributed by atoms with Crippen molar-refractivity contribution < 1.29 is 4.79 Å². The molecule has 2 aromatic rings. The third kappa shape index (κ3) is 2.03. The summed E-state index contributed by atoms with van der Waals surface area (Å²) < 4.78 is 0. The molecule has 0 bridgehead atoms. The van der Waals surface area contributed by atoms with Crippen LogP contribution < -0.4 is 0 Å². The second kappa shape index (κ2) is 4.97. The summed E-state index contributed by atoms with van der Waals surface area (Å²) in [6, 6.07) is 18.1. The Bertz CT molecular complexity index is 671. The maximum absolute atomic E-state index is 12.6. The lowest BCUT2D eigenvalue weighted by Gasteiger charge is -2.15. The van der Waals surface area contributed by atoms with Gasteiger partial charge in [0.2, 0.25) is 0 Å². The van der Waals surface area contributed by atoms with Crippen LogP contribution >= 0.6 is 0 Å². The number of hydrogen-bond donors (Lipinski definition) is 0. The molecule has 100 valence electrons. The van der Waals surface area contributed by atoms with E-state index < -0.39 is 0 Å². The molecule has 0 heterocycles. The van der Waals surface area contributed by atoms with Gasteiger partial charge in [-0.1, -0.05) is 54.6 Å². The summed E-state index contributed by atoms with van der Waals surface area (Å²) in [6.07, 6.45) is 1.94. The van der Waals surface area contributed by atoms with Gasteiger partial charge in [-0.05, 0) is 11.1 Å². The topological polar surface area (TPSA) is 20.3 Å². The number of allylic oxidation sites excluding steroid dienone is 1. The summed E-state index contributed by atoms with van der Waals surface area (Å²) in [7, 11) is 3.90. The molecule has 0 N–H and O–H groups in total. The molecule has 0 radical (unpaired) electrons. The van der Waals surface area contributed by atoms with Crippen LogP contribution in [0.15, 0.2) is 66.4 Å². The summed E-state index contributed by atoms with van der Waals surface area (Å²) in [6.45, 7) is 0. The van der Waals surface area contributed by atoms with Gasteiger partial charge < -0.3 is 4.90 Å². The average molecular weight is 263 g/mol. The number of nitrogens with zero attached hydrogens (tertiary/aromatic N) is 1. The molecule has 1 aliphatic carbocycles. The molecule has 0 saturated heterocycles. The minimum Gasteiger partial charge on any atom is -0.383 e. The first kappa shape index (κ1) is 12.7. The Kier molecular flexibility index (Phi) is 3.15. The molecule has 0 aromatic heterocycles. The van der Waals surface area contributed by atoms with Crippen molar-refractivity contribution in [2.75, 3.05) is 14.1 Å². The number of carbonyl (C=O) groups is 1. The maximum Gasteiger partial charge on any atom is 0.191 e. The van der Waals surface area contributed by atoms with E-state index in [0.717, 1.165) is 16.7 Å². The van der Waals surface area contributed by atoms with Crippen LogP contribution in [-0.4, -0.2) is 24.8 Å². The summed E-state index contributed by atoms with van der Waals surface area (Å²) in [5, 5.41) is 0. The second-order valence-electron chi connectivity index (χ2n) is 5.31. The fourth-order valence-corrected chi connectivity index (χ4v) is 2.83. The lowest BCUT2D eigenvalue weighted by Crippen LogP contribution is -2.09. The highest BCUT2D eigenvalue weighted by Gasteiger charge is 2.35. The molecular weight excluding hydrogens is 246 g/mol. The molecule has 2 aromatic carbocycles. The average Bonchev–Trinajstić information content (AvgIpc) is 2.73. The van der Waals surface area contributed by atoms with E-state index in [0.29, 0.717) is 0 Å². The number of rotatable bonds is 2. The van der Waals surface area contributed by atoms with Gasteiger partial charge in [0.25, 0.3) is 0 Å². The third-order valence-corrected chi connectivity index (χ3v) is 3.62. The summed E-state index contributed by atoms with van der Waals surface area (Å²) in [5.74, 6) is 0.186. The zero-order valence-electron chi connectivity index (χ0n) is 11.7. The molecule has 1 aliphatic rings. The van der Waals surface area contributed by atoms with Gasteiger partial charge in [-0.15, -0.1) is 0 Å². The van der Waals surface area contributed by atoms with E-state index in [1.54, 1.807) is 0 Å². The molecule has 3 rings (SSSR count). The van der Waals surface area contributed by atoms with Crippen molar-refractivity contribution in [1.82, 2.24) is 4.90 Å². The molecule has 2 heteroatoms. The normalized spacial score (nSPS) is 19.2. The van der Waals surface area contributed by atoms with Crippen LogP contribution in [-0.2, 0) is 0 Å². The SMILES string of the molecule is CN(C)C=C1C(=O)c2ccccc2[C@@H]1c1ccccc1. The Morgan fingerprint density at radius 3 is 2.30 bits per heavy atom. The Hall–Kier alpha value is -2.35. The quantitative estimate of drug-likeness (QED) is 0.773. The molecule has 20 heavy (non-hydrogen) atoms. The van der Waals surface area contributed by atoms with Gasteiger partial charge in [0.1, 0.15) is 0 Å². The highest BCUT2D eigenvalue weighted by molar-refractivity contribution is 6.14. The zero-order valence-corrected chi connectivity index (χ0v) is 11.7. The number of benzene rings is 2. The Labute approximate surface area is 119 Å². The number of carbonyl (C=O) groups excluding carboxylic acids is 1. The summed E-state index contributed by atoms with van der Waals surface area (Å²) >= 11 is 0. The molecule has 0 unspecified atom stereocenters. The van der Waals surface area contributed by atoms with Gasteiger partial charge in [0.05, 0.1) is 0 Å². The van der Waals surface area contributed by atoms with Crippen LogP contribution in [0.25, 0.3) is 0 Å². The van der Waals surface area contributed by atoms with E-state index in [9.17, 15) is 4.79 Å². The standard InChI is InChI=1S/C18H17NO/c1-19(2)12-16-17(13-8-4-3-5-9-13)14-10-6-7-11-15(14)18(16)20/h3-12,17H,1-2H3/t17-/m0/s1. The van der Waals surface area contributed by atoms with E-state index in [2.05, 4.69) is 18.2 Å². The van der Waals surface area contributed by atoms with Crippen LogP contribution in [0, 0.1) is 0 Å². The molecule has 0 fully saturated rings. The monoisotopic (exact) mass is 263 g/mol. The molecule has 0 aliphatic heterocycles. The van der Waals surface area contributed by atoms with Gasteiger partial charge in [0, 0.05) is 37.3 Å². The van der Waals surface area contributed by atoms with E-state index in [-0.39, 0.29) is 11.7 Å². The summed E-state index contributed by atoms with van der Waals surface area (Å²) in [5.41, 5.74) is 3.95. The number of fused-ring (bicyclic) bond motifs is 1. The Morgan fingerprint density at radius 1 is 0.950 bits per heavy atom. The van der Waals surface area contributed by atoms with Gasteiger partial charge >= 0.3 is 0 Å². The minimum atomic E-state index is 0.0438. The van der Waals surface area contributed by atoms with Crippen LogP contribution in [0.5, 0.6) is 0 Å². The first-order valence-electron chi connectivity index (χ1n) is 6.75. The second-order valence-corrected chi connectivity index (χ2v) is 5.31. The van der Waals surface area contributed by atoms with Crippen LogP contribution in [0.2, 0.25) is 0 Å². The number of Topliss-reactive ketones (excluding diaryl/α,β-unsaturated/α-hetero) is 1. The van der Waals surface area contributed by atoms with E-state index in [1.807, 2.05) is 61.6 Å². The fraction of sp³-hybridized carbons (Fsp3) is 0.167. The lowest BCUT2D eigenvalue weighted by molar-refractivity contribution is 0.103. The van der Waals surface area contributed by atoms with Crippen molar-refractivity contribution in [3.63, 3.8) is 0 Å². The van der Waals surface area contributed by atoms with Gasteiger partial charge in [0.15, 0.2) is 5.78 Å². The smallest absolute Gasteiger partial charge is 0.191 e. The van der Waals surface area contributed by atoms with Crippen LogP contribution in [0.4, 0.5) is 0 Å². The highest BCUT2D eigenvalue weighted by Crippen LogP contribution is 2.41. The van der Waals surface area contributed by atoms with Gasteiger partial charge in [-0.25, -0.2) is 0 Å². The number of ketones is 1. The molecule has 2 nitrogen and oxygen atoms in total. The molecule has 0 spiro atoms. The minimum absolute atomic E-state index is 0.0438. The zero-order chi connectivity index (χ0) is 14.1. The van der Waals surface area contributed by atoms with E-state index >= 15 is 0 Å². The molecule has 1 atom stereocenters. The van der Waals surface area contributed by atoms with Crippen molar-refractivity contribution in [2.45, 2.75) is 5.92 Å². The van der Waals surface area contributed by atoms with Crippen molar-refractivity contribution >= 4 is 5.78 Å². The van der Waals surface area contributed by atoms with E-state index in [1.165, 1.54) is 5.56 Å². The lowest BCUT2D eigenvalue weighted by atomic mass is 9.90. The van der Waals surface area contributed by atoms with Crippen LogP contribution in [0.1, 0.15) is 27.4 Å². The van der Waals surface area contributed by atoms with Crippen molar-refractivity contribution in [1.29, 1.82) is 0 Å².